The second kappa shape index (κ2) is 13.0. The number of amides is 2. The fraction of sp³-hybridized carbons (Fsp3) is 0.242. The minimum atomic E-state index is -0.913. The summed E-state index contributed by atoms with van der Waals surface area (Å²) >= 11 is 0. The molecule has 1 fully saturated rings. The molecule has 2 aromatic carbocycles. The second-order valence-electron chi connectivity index (χ2n) is 10.5. The van der Waals surface area contributed by atoms with Crippen molar-refractivity contribution >= 4 is 11.8 Å². The summed E-state index contributed by atoms with van der Waals surface area (Å²) in [6, 6.07) is 16.2. The van der Waals surface area contributed by atoms with Crippen LogP contribution < -0.4 is 11.1 Å². The lowest BCUT2D eigenvalue weighted by molar-refractivity contribution is -0.126. The highest BCUT2D eigenvalue weighted by molar-refractivity contribution is 5.94. The number of carbonyl (C=O) groups excluding carboxylic acids is 2. The van der Waals surface area contributed by atoms with Crippen molar-refractivity contribution in [1.82, 2.24) is 15.2 Å². The number of allylic oxidation sites excluding steroid dienone is 5. The van der Waals surface area contributed by atoms with E-state index in [1.807, 2.05) is 30.3 Å². The number of hydrogen-bond acceptors (Lipinski definition) is 4. The van der Waals surface area contributed by atoms with Crippen LogP contribution in [-0.2, 0) is 11.3 Å². The molecule has 2 amide bonds. The minimum Gasteiger partial charge on any atom is -0.366 e. The van der Waals surface area contributed by atoms with Crippen LogP contribution in [-0.4, -0.2) is 34.3 Å². The van der Waals surface area contributed by atoms with E-state index in [0.29, 0.717) is 35.4 Å². The maximum atomic E-state index is 14.4. The zero-order valence-electron chi connectivity index (χ0n) is 22.9. The Morgan fingerprint density at radius 1 is 1.02 bits per heavy atom. The Morgan fingerprint density at radius 3 is 2.62 bits per heavy atom. The second-order valence-corrected chi connectivity index (χ2v) is 10.5. The molecule has 42 heavy (non-hydrogen) atoms. The number of hydrogen-bond donors (Lipinski definition) is 2. The number of nitrogens with zero attached hydrogens (tertiary/aromatic N) is 2. The summed E-state index contributed by atoms with van der Waals surface area (Å²) in [5.74, 6) is -3.26. The zero-order chi connectivity index (χ0) is 29.6. The van der Waals surface area contributed by atoms with Gasteiger partial charge in [0.1, 0.15) is 17.5 Å². The van der Waals surface area contributed by atoms with Gasteiger partial charge in [0.15, 0.2) is 0 Å². The van der Waals surface area contributed by atoms with E-state index in [9.17, 15) is 22.8 Å². The molecule has 5 rings (SSSR count). The molecule has 216 valence electrons. The van der Waals surface area contributed by atoms with Crippen LogP contribution in [0.1, 0.15) is 53.3 Å². The standard InChI is InChI=1S/C33H31F3N4O2/c34-24-12-10-22(16-25(35)19-24)17-29(39-33(42)30-9-5-15-40(30)20-21-6-2-1-3-7-21)31-26(8-4-14-38-31)23-11-13-28(36)27(18-23)32(37)41/h1-4,6-8,11-14,16,18-19,29-30H,5,9-10,15,17,20H2,(H2,37,41)(H,39,42). The first-order valence-electron chi connectivity index (χ1n) is 13.8. The molecule has 9 heteroatoms. The van der Waals surface area contributed by atoms with E-state index in [-0.39, 0.29) is 30.4 Å². The summed E-state index contributed by atoms with van der Waals surface area (Å²) in [7, 11) is 0. The molecule has 1 saturated heterocycles. The lowest BCUT2D eigenvalue weighted by Gasteiger charge is -2.28. The molecule has 0 spiro atoms. The van der Waals surface area contributed by atoms with Gasteiger partial charge >= 0.3 is 0 Å². The van der Waals surface area contributed by atoms with Crippen molar-refractivity contribution in [3.8, 4) is 11.1 Å². The van der Waals surface area contributed by atoms with Crippen molar-refractivity contribution in [2.45, 2.75) is 44.3 Å². The van der Waals surface area contributed by atoms with E-state index in [2.05, 4.69) is 15.2 Å². The van der Waals surface area contributed by atoms with E-state index >= 15 is 0 Å². The molecule has 3 N–H and O–H groups in total. The third kappa shape index (κ3) is 6.86. The highest BCUT2D eigenvalue weighted by Gasteiger charge is 2.33. The van der Waals surface area contributed by atoms with Gasteiger partial charge in [0, 0.05) is 24.4 Å². The first-order chi connectivity index (χ1) is 20.3. The lowest BCUT2D eigenvalue weighted by atomic mass is 9.93. The molecule has 1 aromatic heterocycles. The number of rotatable bonds is 9. The van der Waals surface area contributed by atoms with Crippen LogP contribution in [0.15, 0.2) is 102 Å². The molecular weight excluding hydrogens is 541 g/mol. The van der Waals surface area contributed by atoms with Gasteiger partial charge in [-0.3, -0.25) is 19.5 Å². The van der Waals surface area contributed by atoms with Crippen molar-refractivity contribution in [2.24, 2.45) is 5.73 Å². The van der Waals surface area contributed by atoms with Crippen LogP contribution >= 0.6 is 0 Å². The van der Waals surface area contributed by atoms with E-state index in [1.54, 1.807) is 18.3 Å². The normalized spacial score (nSPS) is 18.0. The maximum absolute atomic E-state index is 14.4. The third-order valence-corrected chi connectivity index (χ3v) is 7.57. The first kappa shape index (κ1) is 29.0. The molecule has 6 nitrogen and oxygen atoms in total. The highest BCUT2D eigenvalue weighted by atomic mass is 19.1. The molecule has 1 aliphatic heterocycles. The van der Waals surface area contributed by atoms with Crippen molar-refractivity contribution in [3.05, 3.63) is 125 Å². The van der Waals surface area contributed by atoms with Crippen molar-refractivity contribution in [1.29, 1.82) is 0 Å². The number of halogens is 3. The zero-order valence-corrected chi connectivity index (χ0v) is 22.9. The Hall–Kier alpha value is -4.50. The van der Waals surface area contributed by atoms with Gasteiger partial charge in [-0.2, -0.15) is 0 Å². The molecule has 3 aromatic rings. The molecule has 0 saturated carbocycles. The third-order valence-electron chi connectivity index (χ3n) is 7.57. The number of aromatic nitrogens is 1. The Balaban J connectivity index is 1.49. The quantitative estimate of drug-likeness (QED) is 0.318. The predicted molar refractivity (Wildman–Crippen MR) is 155 cm³/mol. The summed E-state index contributed by atoms with van der Waals surface area (Å²) in [4.78, 5) is 32.4. The topological polar surface area (TPSA) is 88.3 Å². The molecular formula is C33H31F3N4O2. The van der Waals surface area contributed by atoms with E-state index in [1.165, 1.54) is 24.3 Å². The van der Waals surface area contributed by atoms with Gasteiger partial charge in [-0.1, -0.05) is 48.0 Å². The average molecular weight is 573 g/mol. The summed E-state index contributed by atoms with van der Waals surface area (Å²) in [5.41, 5.74) is 8.24. The highest BCUT2D eigenvalue weighted by Crippen LogP contribution is 2.34. The fourth-order valence-electron chi connectivity index (χ4n) is 5.55. The number of likely N-dealkylation sites (tertiary alicyclic amines) is 1. The summed E-state index contributed by atoms with van der Waals surface area (Å²) in [6.07, 6.45) is 6.77. The van der Waals surface area contributed by atoms with Gasteiger partial charge < -0.3 is 11.1 Å². The largest absolute Gasteiger partial charge is 0.366 e. The predicted octanol–water partition coefficient (Wildman–Crippen LogP) is 6.24. The number of carbonyl (C=O) groups is 2. The Morgan fingerprint density at radius 2 is 1.83 bits per heavy atom. The van der Waals surface area contributed by atoms with Crippen LogP contribution in [0, 0.1) is 5.82 Å². The van der Waals surface area contributed by atoms with E-state index in [4.69, 9.17) is 5.73 Å². The molecule has 0 bridgehead atoms. The molecule has 2 heterocycles. The van der Waals surface area contributed by atoms with Crippen LogP contribution in [0.3, 0.4) is 0 Å². The fourth-order valence-corrected chi connectivity index (χ4v) is 5.55. The number of nitrogens with one attached hydrogen (secondary N) is 1. The average Bonchev–Trinajstić information content (AvgIpc) is 3.37. The number of benzene rings is 2. The minimum absolute atomic E-state index is 0.149. The smallest absolute Gasteiger partial charge is 0.251 e. The maximum Gasteiger partial charge on any atom is 0.251 e. The first-order valence-corrected chi connectivity index (χ1v) is 13.8. The summed E-state index contributed by atoms with van der Waals surface area (Å²) in [5, 5.41) is 3.14. The van der Waals surface area contributed by atoms with Crippen molar-refractivity contribution in [2.75, 3.05) is 6.54 Å². The van der Waals surface area contributed by atoms with E-state index < -0.39 is 29.4 Å². The SMILES string of the molecule is NC(=O)c1cc(-c2cccnc2C(CC2=CC(F)=CC(F)=CC2)NC(=O)C2CCCN2Cc2ccccc2)ccc1F. The number of pyridine rings is 1. The number of primary amides is 1. The summed E-state index contributed by atoms with van der Waals surface area (Å²) < 4.78 is 42.6. The van der Waals surface area contributed by atoms with Gasteiger partial charge in [0.2, 0.25) is 5.91 Å². The van der Waals surface area contributed by atoms with Crippen molar-refractivity contribution < 1.29 is 22.8 Å². The molecule has 2 unspecified atom stereocenters. The molecule has 2 aliphatic rings. The Labute approximate surface area is 242 Å². The van der Waals surface area contributed by atoms with Gasteiger partial charge in [0.25, 0.3) is 5.91 Å². The van der Waals surface area contributed by atoms with Crippen LogP contribution in [0.5, 0.6) is 0 Å². The lowest BCUT2D eigenvalue weighted by Crippen LogP contribution is -2.44. The van der Waals surface area contributed by atoms with Crippen LogP contribution in [0.2, 0.25) is 0 Å². The Bertz CT molecular complexity index is 1570. The number of nitrogens with two attached hydrogens (primary N) is 1. The van der Waals surface area contributed by atoms with Gasteiger partial charge in [-0.25, -0.2) is 13.2 Å². The molecule has 0 radical (unpaired) electrons. The molecule has 2 atom stereocenters. The van der Waals surface area contributed by atoms with Gasteiger partial charge in [-0.15, -0.1) is 0 Å². The van der Waals surface area contributed by atoms with Crippen LogP contribution in [0.25, 0.3) is 11.1 Å². The summed E-state index contributed by atoms with van der Waals surface area (Å²) in [6.45, 7) is 1.39. The van der Waals surface area contributed by atoms with Gasteiger partial charge in [0.05, 0.1) is 23.3 Å². The molecule has 1 aliphatic carbocycles. The van der Waals surface area contributed by atoms with E-state index in [0.717, 1.165) is 30.7 Å². The van der Waals surface area contributed by atoms with Crippen LogP contribution in [0.4, 0.5) is 13.2 Å². The monoisotopic (exact) mass is 572 g/mol. The van der Waals surface area contributed by atoms with Gasteiger partial charge in [-0.05, 0) is 73.7 Å². The Kier molecular flexibility index (Phi) is 8.97. The van der Waals surface area contributed by atoms with Crippen molar-refractivity contribution in [3.63, 3.8) is 0 Å².